The standard InChI is InChI=1S/C18H16.C4H5N/c1-3-7-15-13(5-1)9-11-18-16-8-4-2-6-14(16)10-12-17(15)18;1-2-4-5-3-1/h1,3,5,7-8,10-12H,2,4,6,9H2;1-5H. The molecule has 0 unspecified atom stereocenters. The Morgan fingerprint density at radius 2 is 1.57 bits per heavy atom. The van der Waals surface area contributed by atoms with Gasteiger partial charge in [-0.15, -0.1) is 0 Å². The van der Waals surface area contributed by atoms with Crippen LogP contribution in [0.15, 0.2) is 60.9 Å². The molecule has 0 bridgehead atoms. The lowest BCUT2D eigenvalue weighted by Gasteiger charge is -2.17. The molecule has 1 heteroatoms. The summed E-state index contributed by atoms with van der Waals surface area (Å²) in [6, 6.07) is 17.3. The maximum atomic E-state index is 2.86. The smallest absolute Gasteiger partial charge is 0.000496 e. The number of aromatic nitrogens is 1. The zero-order chi connectivity index (χ0) is 15.5. The molecule has 0 saturated carbocycles. The second kappa shape index (κ2) is 6.29. The summed E-state index contributed by atoms with van der Waals surface area (Å²) in [5, 5.41) is 2.99. The fraction of sp³-hybridized carbons (Fsp3) is 0.182. The van der Waals surface area contributed by atoms with Crippen LogP contribution in [-0.2, 0) is 12.8 Å². The van der Waals surface area contributed by atoms with E-state index in [1.54, 1.807) is 0 Å². The minimum absolute atomic E-state index is 1.08. The minimum Gasteiger partial charge on any atom is -0.368 e. The highest BCUT2D eigenvalue weighted by Crippen LogP contribution is 2.24. The molecule has 2 aliphatic rings. The van der Waals surface area contributed by atoms with E-state index in [4.69, 9.17) is 0 Å². The van der Waals surface area contributed by atoms with E-state index in [-0.39, 0.29) is 0 Å². The van der Waals surface area contributed by atoms with Gasteiger partial charge < -0.3 is 4.98 Å². The molecule has 2 aliphatic carbocycles. The Morgan fingerprint density at radius 3 is 2.39 bits per heavy atom. The van der Waals surface area contributed by atoms with Crippen LogP contribution >= 0.6 is 0 Å². The summed E-state index contributed by atoms with van der Waals surface area (Å²) in [5.74, 6) is 0. The SMILES string of the molecule is C1=c2c(ccc3c2=CCc2ccccc2-3)CCC1.c1cc[nH]c1. The maximum Gasteiger partial charge on any atom is 0.000496 e. The van der Waals surface area contributed by atoms with Crippen LogP contribution < -0.4 is 10.4 Å². The van der Waals surface area contributed by atoms with Crippen LogP contribution in [0.1, 0.15) is 24.0 Å². The third-order valence-corrected chi connectivity index (χ3v) is 4.71. The second-order valence-corrected chi connectivity index (χ2v) is 6.15. The average Bonchev–Trinajstić information content (AvgIpc) is 3.21. The lowest BCUT2D eigenvalue weighted by Crippen LogP contribution is -2.33. The number of rotatable bonds is 0. The van der Waals surface area contributed by atoms with Crippen LogP contribution in [0.25, 0.3) is 23.3 Å². The van der Waals surface area contributed by atoms with E-state index in [1.807, 2.05) is 24.5 Å². The van der Waals surface area contributed by atoms with Crippen LogP contribution in [0.4, 0.5) is 0 Å². The Hall–Kier alpha value is -2.54. The van der Waals surface area contributed by atoms with Gasteiger partial charge in [0.1, 0.15) is 0 Å². The maximum absolute atomic E-state index is 2.86. The van der Waals surface area contributed by atoms with Gasteiger partial charge in [0.2, 0.25) is 0 Å². The van der Waals surface area contributed by atoms with E-state index in [1.165, 1.54) is 52.0 Å². The molecule has 1 heterocycles. The first-order valence-electron chi connectivity index (χ1n) is 8.42. The summed E-state index contributed by atoms with van der Waals surface area (Å²) in [5.41, 5.74) is 5.85. The zero-order valence-electron chi connectivity index (χ0n) is 13.3. The van der Waals surface area contributed by atoms with E-state index < -0.39 is 0 Å². The van der Waals surface area contributed by atoms with E-state index >= 15 is 0 Å². The summed E-state index contributed by atoms with van der Waals surface area (Å²) in [4.78, 5) is 2.86. The largest absolute Gasteiger partial charge is 0.368 e. The summed E-state index contributed by atoms with van der Waals surface area (Å²) in [7, 11) is 0. The highest BCUT2D eigenvalue weighted by Gasteiger charge is 2.13. The fourth-order valence-electron chi connectivity index (χ4n) is 3.59. The van der Waals surface area contributed by atoms with E-state index in [9.17, 15) is 0 Å². The van der Waals surface area contributed by atoms with Crippen molar-refractivity contribution in [3.05, 3.63) is 82.5 Å². The summed E-state index contributed by atoms with van der Waals surface area (Å²) < 4.78 is 0. The van der Waals surface area contributed by atoms with Gasteiger partial charge in [-0.25, -0.2) is 0 Å². The first kappa shape index (κ1) is 14.1. The van der Waals surface area contributed by atoms with Crippen molar-refractivity contribution in [2.45, 2.75) is 25.7 Å². The van der Waals surface area contributed by atoms with Gasteiger partial charge in [-0.05, 0) is 70.5 Å². The molecule has 2 aromatic carbocycles. The second-order valence-electron chi connectivity index (χ2n) is 6.15. The Kier molecular flexibility index (Phi) is 3.85. The molecule has 0 atom stereocenters. The third-order valence-electron chi connectivity index (χ3n) is 4.71. The van der Waals surface area contributed by atoms with Gasteiger partial charge in [-0.1, -0.05) is 48.6 Å². The molecule has 0 saturated heterocycles. The number of benzene rings is 2. The van der Waals surface area contributed by atoms with Crippen molar-refractivity contribution in [3.8, 4) is 11.1 Å². The molecule has 0 radical (unpaired) electrons. The van der Waals surface area contributed by atoms with E-state index in [0.29, 0.717) is 0 Å². The molecule has 3 aromatic rings. The molecule has 0 fully saturated rings. The summed E-state index contributed by atoms with van der Waals surface area (Å²) in [6.45, 7) is 0. The van der Waals surface area contributed by atoms with Crippen molar-refractivity contribution in [3.63, 3.8) is 0 Å². The monoisotopic (exact) mass is 299 g/mol. The molecule has 0 spiro atoms. The Morgan fingerprint density at radius 1 is 0.696 bits per heavy atom. The number of aryl methyl sites for hydroxylation is 1. The quantitative estimate of drug-likeness (QED) is 0.649. The predicted molar refractivity (Wildman–Crippen MR) is 97.5 cm³/mol. The van der Waals surface area contributed by atoms with Gasteiger partial charge in [0.15, 0.2) is 0 Å². The van der Waals surface area contributed by atoms with E-state index in [2.05, 4.69) is 53.5 Å². The number of aromatic amines is 1. The number of H-pyrrole nitrogens is 1. The molecule has 23 heavy (non-hydrogen) atoms. The van der Waals surface area contributed by atoms with Crippen molar-refractivity contribution >= 4 is 12.2 Å². The molecule has 0 aliphatic heterocycles. The Balaban J connectivity index is 0.000000233. The summed E-state index contributed by atoms with van der Waals surface area (Å²) in [6.07, 6.45) is 13.5. The Bertz CT molecular complexity index is 900. The highest BCUT2D eigenvalue weighted by molar-refractivity contribution is 5.74. The normalized spacial score (nSPS) is 14.1. The minimum atomic E-state index is 1.08. The number of fused-ring (bicyclic) bond motifs is 5. The Labute approximate surface area is 137 Å². The summed E-state index contributed by atoms with van der Waals surface area (Å²) >= 11 is 0. The molecular weight excluding hydrogens is 278 g/mol. The molecule has 1 nitrogen and oxygen atoms in total. The highest BCUT2D eigenvalue weighted by atomic mass is 14.6. The topological polar surface area (TPSA) is 15.8 Å². The van der Waals surface area contributed by atoms with Crippen LogP contribution in [0.2, 0.25) is 0 Å². The van der Waals surface area contributed by atoms with Gasteiger partial charge in [0, 0.05) is 12.4 Å². The van der Waals surface area contributed by atoms with Crippen molar-refractivity contribution in [1.29, 1.82) is 0 Å². The zero-order valence-corrected chi connectivity index (χ0v) is 13.3. The van der Waals surface area contributed by atoms with Crippen molar-refractivity contribution in [2.75, 3.05) is 0 Å². The van der Waals surface area contributed by atoms with Gasteiger partial charge in [-0.3, -0.25) is 0 Å². The predicted octanol–water partition coefficient (Wildman–Crippen LogP) is 3.82. The first-order chi connectivity index (χ1) is 11.4. The van der Waals surface area contributed by atoms with Gasteiger partial charge in [0.25, 0.3) is 0 Å². The van der Waals surface area contributed by atoms with Crippen LogP contribution in [-0.4, -0.2) is 4.98 Å². The van der Waals surface area contributed by atoms with Crippen LogP contribution in [0.5, 0.6) is 0 Å². The van der Waals surface area contributed by atoms with Gasteiger partial charge in [-0.2, -0.15) is 0 Å². The van der Waals surface area contributed by atoms with Gasteiger partial charge >= 0.3 is 0 Å². The fourth-order valence-corrected chi connectivity index (χ4v) is 3.59. The van der Waals surface area contributed by atoms with Crippen molar-refractivity contribution in [2.24, 2.45) is 0 Å². The van der Waals surface area contributed by atoms with Crippen LogP contribution in [0.3, 0.4) is 0 Å². The lowest BCUT2D eigenvalue weighted by atomic mass is 9.87. The number of nitrogens with one attached hydrogen (secondary N) is 1. The first-order valence-corrected chi connectivity index (χ1v) is 8.42. The average molecular weight is 299 g/mol. The molecule has 114 valence electrons. The van der Waals surface area contributed by atoms with Crippen molar-refractivity contribution in [1.82, 2.24) is 4.98 Å². The number of hydrogen-bond acceptors (Lipinski definition) is 0. The molecule has 1 N–H and O–H groups in total. The lowest BCUT2D eigenvalue weighted by molar-refractivity contribution is 0.834. The van der Waals surface area contributed by atoms with Crippen molar-refractivity contribution < 1.29 is 0 Å². The number of hydrogen-bond donors (Lipinski definition) is 1. The molecular formula is C22H21N. The molecule has 1 aromatic heterocycles. The van der Waals surface area contributed by atoms with Gasteiger partial charge in [0.05, 0.1) is 0 Å². The molecule has 0 amide bonds. The third kappa shape index (κ3) is 2.75. The molecule has 5 rings (SSSR count). The van der Waals surface area contributed by atoms with E-state index in [0.717, 1.165) is 6.42 Å². The van der Waals surface area contributed by atoms with Crippen LogP contribution in [0, 0.1) is 0 Å².